The van der Waals surface area contributed by atoms with Gasteiger partial charge in [0.2, 0.25) is 0 Å². The van der Waals surface area contributed by atoms with Crippen LogP contribution in [0.3, 0.4) is 0 Å². The monoisotopic (exact) mass is 295 g/mol. The number of aromatic nitrogens is 1. The average molecular weight is 295 g/mol. The molecule has 0 unspecified atom stereocenters. The molecule has 1 aromatic carbocycles. The average Bonchev–Trinajstić information content (AvgIpc) is 2.51. The highest BCUT2D eigenvalue weighted by Gasteiger charge is 2.21. The molecule has 0 saturated carbocycles. The van der Waals surface area contributed by atoms with Crippen LogP contribution >= 0.6 is 0 Å². The van der Waals surface area contributed by atoms with E-state index in [2.05, 4.69) is 4.98 Å². The molecule has 7 nitrogen and oxygen atoms in total. The van der Waals surface area contributed by atoms with Crippen molar-refractivity contribution in [3.63, 3.8) is 0 Å². The zero-order valence-electron chi connectivity index (χ0n) is 11.7. The molecule has 7 heteroatoms. The van der Waals surface area contributed by atoms with Gasteiger partial charge in [-0.2, -0.15) is 0 Å². The standard InChI is InChI=1S/C14H17NO6/c1-20-10-3-8-9(4-11(10)21-2)13(18)14(19)15-12(8)7(5-16)6-17/h3-4,7,16-18H,5-6H2,1-2H3,(H,15,19). The van der Waals surface area contributed by atoms with Gasteiger partial charge in [-0.15, -0.1) is 0 Å². The molecule has 0 aliphatic heterocycles. The molecule has 0 atom stereocenters. The molecule has 1 aromatic heterocycles. The second kappa shape index (κ2) is 6.02. The first-order valence-electron chi connectivity index (χ1n) is 6.26. The van der Waals surface area contributed by atoms with E-state index in [4.69, 9.17) is 9.47 Å². The van der Waals surface area contributed by atoms with E-state index in [0.717, 1.165) is 0 Å². The molecule has 21 heavy (non-hydrogen) atoms. The minimum absolute atomic E-state index is 0.270. The lowest BCUT2D eigenvalue weighted by molar-refractivity contribution is 0.190. The number of aromatic hydroxyl groups is 2. The van der Waals surface area contributed by atoms with E-state index in [9.17, 15) is 20.4 Å². The van der Waals surface area contributed by atoms with Gasteiger partial charge in [-0.1, -0.05) is 0 Å². The van der Waals surface area contributed by atoms with E-state index in [1.54, 1.807) is 6.07 Å². The van der Waals surface area contributed by atoms with Gasteiger partial charge < -0.3 is 29.9 Å². The Balaban J connectivity index is 2.83. The van der Waals surface area contributed by atoms with Crippen LogP contribution in [0.1, 0.15) is 11.6 Å². The molecule has 2 rings (SSSR count). The molecule has 0 bridgehead atoms. The fraction of sp³-hybridized carbons (Fsp3) is 0.357. The second-order valence-corrected chi connectivity index (χ2v) is 4.48. The lowest BCUT2D eigenvalue weighted by Crippen LogP contribution is -2.11. The summed E-state index contributed by atoms with van der Waals surface area (Å²) in [5.74, 6) is -0.868. The Morgan fingerprint density at radius 2 is 1.52 bits per heavy atom. The lowest BCUT2D eigenvalue weighted by atomic mass is 9.99. The molecule has 4 N–H and O–H groups in total. The van der Waals surface area contributed by atoms with Crippen LogP contribution in [0.25, 0.3) is 10.8 Å². The van der Waals surface area contributed by atoms with Crippen molar-refractivity contribution in [1.29, 1.82) is 0 Å². The van der Waals surface area contributed by atoms with E-state index in [1.807, 2.05) is 0 Å². The van der Waals surface area contributed by atoms with Crippen LogP contribution in [-0.4, -0.2) is 52.8 Å². The third-order valence-electron chi connectivity index (χ3n) is 3.32. The van der Waals surface area contributed by atoms with Gasteiger partial charge in [-0.3, -0.25) is 0 Å². The fourth-order valence-corrected chi connectivity index (χ4v) is 2.18. The normalized spacial score (nSPS) is 11.1. The maximum Gasteiger partial charge on any atom is 0.255 e. The largest absolute Gasteiger partial charge is 0.503 e. The summed E-state index contributed by atoms with van der Waals surface area (Å²) in [6.07, 6.45) is 0. The number of nitrogens with zero attached hydrogens (tertiary/aromatic N) is 1. The number of benzene rings is 1. The number of hydrogen-bond acceptors (Lipinski definition) is 7. The van der Waals surface area contributed by atoms with Crippen LogP contribution < -0.4 is 9.47 Å². The molecule has 0 saturated heterocycles. The number of aliphatic hydroxyl groups is 2. The van der Waals surface area contributed by atoms with Gasteiger partial charge in [0.15, 0.2) is 17.2 Å². The van der Waals surface area contributed by atoms with Crippen molar-refractivity contribution in [2.45, 2.75) is 5.92 Å². The molecule has 114 valence electrons. The van der Waals surface area contributed by atoms with Crippen molar-refractivity contribution in [1.82, 2.24) is 4.98 Å². The molecule has 0 aliphatic rings. The summed E-state index contributed by atoms with van der Waals surface area (Å²) in [6, 6.07) is 3.08. The van der Waals surface area contributed by atoms with Gasteiger partial charge in [-0.05, 0) is 12.1 Å². The smallest absolute Gasteiger partial charge is 0.255 e. The van der Waals surface area contributed by atoms with Crippen LogP contribution in [0.5, 0.6) is 23.1 Å². The van der Waals surface area contributed by atoms with Crippen LogP contribution in [-0.2, 0) is 0 Å². The number of aliphatic hydroxyl groups excluding tert-OH is 2. The summed E-state index contributed by atoms with van der Waals surface area (Å²) in [4.78, 5) is 3.86. The van der Waals surface area contributed by atoms with Gasteiger partial charge in [0.25, 0.3) is 5.88 Å². The Kier molecular flexibility index (Phi) is 4.35. The molecular weight excluding hydrogens is 278 g/mol. The summed E-state index contributed by atoms with van der Waals surface area (Å²) >= 11 is 0. The molecule has 0 amide bonds. The predicted octanol–water partition coefficient (Wildman–Crippen LogP) is 0.731. The van der Waals surface area contributed by atoms with Crippen molar-refractivity contribution in [3.05, 3.63) is 17.8 Å². The maximum absolute atomic E-state index is 9.96. The molecule has 0 fully saturated rings. The highest BCUT2D eigenvalue weighted by molar-refractivity contribution is 5.94. The minimum Gasteiger partial charge on any atom is -0.503 e. The van der Waals surface area contributed by atoms with Crippen LogP contribution in [0.2, 0.25) is 0 Å². The number of pyridine rings is 1. The van der Waals surface area contributed by atoms with Gasteiger partial charge in [0.05, 0.1) is 33.1 Å². The van der Waals surface area contributed by atoms with Gasteiger partial charge >= 0.3 is 0 Å². The highest BCUT2D eigenvalue weighted by Crippen LogP contribution is 2.41. The molecule has 0 radical (unpaired) electrons. The lowest BCUT2D eigenvalue weighted by Gasteiger charge is -2.17. The van der Waals surface area contributed by atoms with E-state index < -0.39 is 17.5 Å². The van der Waals surface area contributed by atoms with E-state index in [1.165, 1.54) is 20.3 Å². The second-order valence-electron chi connectivity index (χ2n) is 4.48. The number of hydrogen-bond donors (Lipinski definition) is 4. The van der Waals surface area contributed by atoms with E-state index >= 15 is 0 Å². The molecule has 2 aromatic rings. The summed E-state index contributed by atoms with van der Waals surface area (Å²) in [7, 11) is 2.92. The maximum atomic E-state index is 9.96. The summed E-state index contributed by atoms with van der Waals surface area (Å²) in [6.45, 7) is -0.700. The summed E-state index contributed by atoms with van der Waals surface area (Å²) < 4.78 is 10.3. The fourth-order valence-electron chi connectivity index (χ4n) is 2.18. The SMILES string of the molecule is COc1cc2c(C(CO)CO)nc(O)c(O)c2cc1OC. The van der Waals surface area contributed by atoms with Crippen molar-refractivity contribution in [3.8, 4) is 23.1 Å². The third-order valence-corrected chi connectivity index (χ3v) is 3.32. The van der Waals surface area contributed by atoms with Crippen molar-refractivity contribution in [2.75, 3.05) is 27.4 Å². The Bertz CT molecular complexity index is 654. The Morgan fingerprint density at radius 1 is 1.00 bits per heavy atom. The van der Waals surface area contributed by atoms with Crippen molar-refractivity contribution >= 4 is 10.8 Å². The number of methoxy groups -OCH3 is 2. The highest BCUT2D eigenvalue weighted by atomic mass is 16.5. The van der Waals surface area contributed by atoms with Crippen molar-refractivity contribution in [2.24, 2.45) is 0 Å². The zero-order chi connectivity index (χ0) is 15.6. The summed E-state index contributed by atoms with van der Waals surface area (Å²) in [5, 5.41) is 39.1. The third kappa shape index (κ3) is 2.53. The first kappa shape index (κ1) is 15.1. The number of ether oxygens (including phenoxy) is 2. The van der Waals surface area contributed by atoms with Crippen LogP contribution in [0, 0.1) is 0 Å². The van der Waals surface area contributed by atoms with Crippen LogP contribution in [0.15, 0.2) is 12.1 Å². The number of rotatable bonds is 5. The molecule has 0 aliphatic carbocycles. The molecule has 1 heterocycles. The first-order valence-corrected chi connectivity index (χ1v) is 6.26. The van der Waals surface area contributed by atoms with Gasteiger partial charge in [0, 0.05) is 16.7 Å². The van der Waals surface area contributed by atoms with Gasteiger partial charge in [-0.25, -0.2) is 4.98 Å². The Morgan fingerprint density at radius 3 is 2.00 bits per heavy atom. The molecular formula is C14H17NO6. The number of fused-ring (bicyclic) bond motifs is 1. The Hall–Kier alpha value is -2.25. The topological polar surface area (TPSA) is 112 Å². The quantitative estimate of drug-likeness (QED) is 0.643. The minimum atomic E-state index is -0.683. The summed E-state index contributed by atoms with van der Waals surface area (Å²) in [5.41, 5.74) is 0.270. The van der Waals surface area contributed by atoms with Crippen LogP contribution in [0.4, 0.5) is 0 Å². The zero-order valence-corrected chi connectivity index (χ0v) is 11.7. The van der Waals surface area contributed by atoms with Gasteiger partial charge in [0.1, 0.15) is 0 Å². The van der Waals surface area contributed by atoms with Crippen molar-refractivity contribution < 1.29 is 29.9 Å². The molecule has 0 spiro atoms. The van der Waals surface area contributed by atoms with E-state index in [-0.39, 0.29) is 18.9 Å². The van der Waals surface area contributed by atoms with E-state index in [0.29, 0.717) is 22.3 Å². The first-order chi connectivity index (χ1) is 10.1. The predicted molar refractivity (Wildman–Crippen MR) is 75.1 cm³/mol. The Labute approximate surface area is 121 Å².